The number of rotatable bonds is 5. The molecule has 0 unspecified atom stereocenters. The van der Waals surface area contributed by atoms with E-state index in [0.29, 0.717) is 24.1 Å². The minimum Gasteiger partial charge on any atom is -0.296 e. The number of hydrazine groups is 1. The number of sulfonamides is 1. The Kier molecular flexibility index (Phi) is 6.01. The second-order valence-corrected chi connectivity index (χ2v) is 9.25. The van der Waals surface area contributed by atoms with Gasteiger partial charge in [0, 0.05) is 18.7 Å². The van der Waals surface area contributed by atoms with Crippen molar-refractivity contribution in [3.63, 3.8) is 0 Å². The number of benzene rings is 2. The SMILES string of the molecule is O=C(Cn1c(=O)cnc2ccccc21)NNC(=O)c1ccc(S(=O)(=O)N2CCCC2)cc1. The van der Waals surface area contributed by atoms with Gasteiger partial charge in [-0.05, 0) is 49.2 Å². The Balaban J connectivity index is 1.39. The zero-order valence-corrected chi connectivity index (χ0v) is 17.8. The van der Waals surface area contributed by atoms with Crippen LogP contribution in [0, 0.1) is 0 Å². The Labute approximate surface area is 183 Å². The Hall–Kier alpha value is -3.57. The van der Waals surface area contributed by atoms with Crippen molar-refractivity contribution in [2.24, 2.45) is 0 Å². The molecule has 10 nitrogen and oxygen atoms in total. The van der Waals surface area contributed by atoms with Gasteiger partial charge < -0.3 is 0 Å². The van der Waals surface area contributed by atoms with Crippen molar-refractivity contribution in [1.82, 2.24) is 24.7 Å². The molecule has 166 valence electrons. The summed E-state index contributed by atoms with van der Waals surface area (Å²) in [4.78, 5) is 40.9. The number of hydrogen-bond acceptors (Lipinski definition) is 6. The first kappa shape index (κ1) is 21.7. The molecule has 0 saturated carbocycles. The van der Waals surface area contributed by atoms with Gasteiger partial charge in [-0.1, -0.05) is 12.1 Å². The van der Waals surface area contributed by atoms with E-state index in [1.807, 2.05) is 0 Å². The lowest BCUT2D eigenvalue weighted by atomic mass is 10.2. The molecule has 1 aliphatic heterocycles. The summed E-state index contributed by atoms with van der Waals surface area (Å²) >= 11 is 0. The summed E-state index contributed by atoms with van der Waals surface area (Å²) in [7, 11) is -3.57. The number of fused-ring (bicyclic) bond motifs is 1. The number of aromatic nitrogens is 2. The quantitative estimate of drug-likeness (QED) is 0.543. The van der Waals surface area contributed by atoms with Crippen LogP contribution in [0.5, 0.6) is 0 Å². The summed E-state index contributed by atoms with van der Waals surface area (Å²) < 4.78 is 27.8. The lowest BCUT2D eigenvalue weighted by molar-refractivity contribution is -0.122. The molecule has 3 aromatic rings. The van der Waals surface area contributed by atoms with Gasteiger partial charge in [-0.25, -0.2) is 13.4 Å². The van der Waals surface area contributed by atoms with Crippen LogP contribution in [0.4, 0.5) is 0 Å². The molecule has 0 spiro atoms. The third-order valence-electron chi connectivity index (χ3n) is 5.19. The van der Waals surface area contributed by atoms with Crippen LogP contribution in [0.15, 0.2) is 64.4 Å². The minimum atomic E-state index is -3.57. The molecular weight excluding hydrogens is 434 g/mol. The summed E-state index contributed by atoms with van der Waals surface area (Å²) in [6.07, 6.45) is 2.80. The highest BCUT2D eigenvalue weighted by molar-refractivity contribution is 7.89. The van der Waals surface area contributed by atoms with Crippen molar-refractivity contribution in [2.75, 3.05) is 13.1 Å². The molecule has 11 heteroatoms. The molecule has 0 radical (unpaired) electrons. The van der Waals surface area contributed by atoms with Crippen molar-refractivity contribution in [2.45, 2.75) is 24.3 Å². The smallest absolute Gasteiger partial charge is 0.269 e. The number of nitrogens with one attached hydrogen (secondary N) is 2. The molecule has 2 N–H and O–H groups in total. The number of hydrogen-bond donors (Lipinski definition) is 2. The fourth-order valence-electron chi connectivity index (χ4n) is 3.52. The molecule has 2 amide bonds. The zero-order valence-electron chi connectivity index (χ0n) is 17.0. The van der Waals surface area contributed by atoms with Crippen LogP contribution >= 0.6 is 0 Å². The van der Waals surface area contributed by atoms with Gasteiger partial charge in [0.15, 0.2) is 0 Å². The highest BCUT2D eigenvalue weighted by Crippen LogP contribution is 2.21. The van der Waals surface area contributed by atoms with Crippen molar-refractivity contribution in [3.8, 4) is 0 Å². The number of nitrogens with zero attached hydrogens (tertiary/aromatic N) is 3. The van der Waals surface area contributed by atoms with E-state index in [1.54, 1.807) is 24.3 Å². The number of carbonyl (C=O) groups excluding carboxylic acids is 2. The Morgan fingerprint density at radius 1 is 0.969 bits per heavy atom. The fraction of sp³-hybridized carbons (Fsp3) is 0.238. The summed E-state index contributed by atoms with van der Waals surface area (Å²) in [5, 5.41) is 0. The van der Waals surface area contributed by atoms with Gasteiger partial charge in [-0.15, -0.1) is 0 Å². The minimum absolute atomic E-state index is 0.115. The number of para-hydroxylation sites is 2. The van der Waals surface area contributed by atoms with Crippen LogP contribution < -0.4 is 16.4 Å². The van der Waals surface area contributed by atoms with E-state index >= 15 is 0 Å². The summed E-state index contributed by atoms with van der Waals surface area (Å²) in [6, 6.07) is 12.4. The van der Waals surface area contributed by atoms with E-state index < -0.39 is 27.4 Å². The third kappa shape index (κ3) is 4.39. The van der Waals surface area contributed by atoms with Gasteiger partial charge >= 0.3 is 0 Å². The largest absolute Gasteiger partial charge is 0.296 e. The summed E-state index contributed by atoms with van der Waals surface area (Å²) in [6.45, 7) is 0.675. The second kappa shape index (κ2) is 8.89. The van der Waals surface area contributed by atoms with E-state index in [0.717, 1.165) is 19.0 Å². The summed E-state index contributed by atoms with van der Waals surface area (Å²) in [5.41, 5.74) is 5.33. The molecule has 0 aliphatic carbocycles. The molecular formula is C21H21N5O5S. The van der Waals surface area contributed by atoms with Gasteiger partial charge in [0.25, 0.3) is 17.4 Å². The normalized spacial score (nSPS) is 14.4. The third-order valence-corrected chi connectivity index (χ3v) is 7.10. The predicted octanol–water partition coefficient (Wildman–Crippen LogP) is 0.642. The first-order valence-corrected chi connectivity index (χ1v) is 11.4. The molecule has 1 saturated heterocycles. The maximum atomic E-state index is 12.6. The van der Waals surface area contributed by atoms with Gasteiger partial charge in [0.1, 0.15) is 6.54 Å². The van der Waals surface area contributed by atoms with Crippen LogP contribution in [0.2, 0.25) is 0 Å². The molecule has 32 heavy (non-hydrogen) atoms. The molecule has 4 rings (SSSR count). The predicted molar refractivity (Wildman–Crippen MR) is 116 cm³/mol. The molecule has 0 bridgehead atoms. The van der Waals surface area contributed by atoms with Gasteiger partial charge in [-0.2, -0.15) is 4.31 Å². The van der Waals surface area contributed by atoms with Crippen molar-refractivity contribution in [3.05, 3.63) is 70.6 Å². The highest BCUT2D eigenvalue weighted by atomic mass is 32.2. The van der Waals surface area contributed by atoms with Crippen molar-refractivity contribution >= 4 is 32.9 Å². The second-order valence-electron chi connectivity index (χ2n) is 7.31. The van der Waals surface area contributed by atoms with E-state index in [9.17, 15) is 22.8 Å². The van der Waals surface area contributed by atoms with Crippen LogP contribution in [0.3, 0.4) is 0 Å². The Bertz CT molecular complexity index is 1330. The van der Waals surface area contributed by atoms with Gasteiger partial charge in [0.2, 0.25) is 10.0 Å². The van der Waals surface area contributed by atoms with Crippen molar-refractivity contribution < 1.29 is 18.0 Å². The summed E-state index contributed by atoms with van der Waals surface area (Å²) in [5.74, 6) is -1.22. The van der Waals surface area contributed by atoms with Crippen LogP contribution in [0.1, 0.15) is 23.2 Å². The van der Waals surface area contributed by atoms with Crippen LogP contribution in [-0.4, -0.2) is 47.2 Å². The number of amides is 2. The fourth-order valence-corrected chi connectivity index (χ4v) is 5.03. The highest BCUT2D eigenvalue weighted by Gasteiger charge is 2.27. The first-order chi connectivity index (χ1) is 15.4. The van der Waals surface area contributed by atoms with Crippen LogP contribution in [-0.2, 0) is 21.4 Å². The molecule has 1 aliphatic rings. The van der Waals surface area contributed by atoms with E-state index in [4.69, 9.17) is 0 Å². The Morgan fingerprint density at radius 2 is 1.66 bits per heavy atom. The monoisotopic (exact) mass is 455 g/mol. The number of carbonyl (C=O) groups is 2. The van der Waals surface area contributed by atoms with E-state index in [-0.39, 0.29) is 17.0 Å². The maximum absolute atomic E-state index is 12.6. The average Bonchev–Trinajstić information content (AvgIpc) is 3.35. The molecule has 1 fully saturated rings. The van der Waals surface area contributed by atoms with Crippen LogP contribution in [0.25, 0.3) is 11.0 Å². The molecule has 2 heterocycles. The zero-order chi connectivity index (χ0) is 22.7. The molecule has 1 aromatic heterocycles. The van der Waals surface area contributed by atoms with Gasteiger partial charge in [0.05, 0.1) is 22.1 Å². The lowest BCUT2D eigenvalue weighted by Crippen LogP contribution is -2.44. The average molecular weight is 455 g/mol. The topological polar surface area (TPSA) is 130 Å². The van der Waals surface area contributed by atoms with E-state index in [1.165, 1.54) is 33.1 Å². The maximum Gasteiger partial charge on any atom is 0.269 e. The lowest BCUT2D eigenvalue weighted by Gasteiger charge is -2.15. The standard InChI is InChI=1S/C21H21N5O5S/c27-19(14-26-18-6-2-1-5-17(18)22-13-20(26)28)23-24-21(29)15-7-9-16(10-8-15)32(30,31)25-11-3-4-12-25/h1-2,5-10,13H,3-4,11-12,14H2,(H,23,27)(H,24,29). The molecule has 0 atom stereocenters. The van der Waals surface area contributed by atoms with E-state index in [2.05, 4.69) is 15.8 Å². The first-order valence-electron chi connectivity index (χ1n) is 10.0. The molecule has 2 aromatic carbocycles. The van der Waals surface area contributed by atoms with Gasteiger partial charge in [-0.3, -0.25) is 29.8 Å². The van der Waals surface area contributed by atoms with Crippen molar-refractivity contribution in [1.29, 1.82) is 0 Å². The Morgan fingerprint density at radius 3 is 2.38 bits per heavy atom.